The molecule has 1 aromatic rings. The molecule has 0 radical (unpaired) electrons. The fourth-order valence-electron chi connectivity index (χ4n) is 3.26. The van der Waals surface area contributed by atoms with Gasteiger partial charge >= 0.3 is 0 Å². The lowest BCUT2D eigenvalue weighted by Crippen LogP contribution is -2.46. The molecule has 0 aromatic heterocycles. The van der Waals surface area contributed by atoms with Gasteiger partial charge in [-0.15, -0.1) is 0 Å². The number of hydrogen-bond donors (Lipinski definition) is 2. The molecule has 1 heterocycles. The average molecular weight is 332 g/mol. The molecular formula is C18H24N2O4. The third-order valence-electron chi connectivity index (χ3n) is 4.48. The van der Waals surface area contributed by atoms with Crippen molar-refractivity contribution in [2.75, 3.05) is 5.32 Å². The van der Waals surface area contributed by atoms with Crippen molar-refractivity contribution >= 4 is 17.5 Å². The molecule has 1 unspecified atom stereocenters. The monoisotopic (exact) mass is 332 g/mol. The fourth-order valence-corrected chi connectivity index (χ4v) is 3.26. The van der Waals surface area contributed by atoms with E-state index in [9.17, 15) is 9.59 Å². The van der Waals surface area contributed by atoms with E-state index in [1.807, 2.05) is 19.9 Å². The molecule has 0 bridgehead atoms. The highest BCUT2D eigenvalue weighted by Crippen LogP contribution is 2.47. The molecule has 1 aromatic carbocycles. The van der Waals surface area contributed by atoms with E-state index in [1.165, 1.54) is 6.92 Å². The summed E-state index contributed by atoms with van der Waals surface area (Å²) in [6, 6.07) is 4.82. The topological polar surface area (TPSA) is 76.7 Å². The fraction of sp³-hybridized carbons (Fsp3) is 0.556. The van der Waals surface area contributed by atoms with Crippen LogP contribution in [0.2, 0.25) is 0 Å². The van der Waals surface area contributed by atoms with Gasteiger partial charge in [0.2, 0.25) is 11.8 Å². The third kappa shape index (κ3) is 3.32. The number of fused-ring (bicyclic) bond motifs is 1. The first-order valence-corrected chi connectivity index (χ1v) is 8.49. The van der Waals surface area contributed by atoms with Crippen molar-refractivity contribution in [1.29, 1.82) is 0 Å². The van der Waals surface area contributed by atoms with Crippen molar-refractivity contribution in [3.8, 4) is 11.5 Å². The molecule has 24 heavy (non-hydrogen) atoms. The van der Waals surface area contributed by atoms with E-state index in [1.54, 1.807) is 12.1 Å². The smallest absolute Gasteiger partial charge is 0.251 e. The summed E-state index contributed by atoms with van der Waals surface area (Å²) >= 11 is 0. The molecule has 1 saturated carbocycles. The zero-order chi connectivity index (χ0) is 17.3. The van der Waals surface area contributed by atoms with Gasteiger partial charge in [0.25, 0.3) is 5.79 Å². The maximum atomic E-state index is 12.4. The van der Waals surface area contributed by atoms with Crippen molar-refractivity contribution in [2.24, 2.45) is 5.92 Å². The average Bonchev–Trinajstić information content (AvgIpc) is 3.10. The lowest BCUT2D eigenvalue weighted by molar-refractivity contribution is -0.126. The van der Waals surface area contributed by atoms with E-state index in [-0.39, 0.29) is 17.7 Å². The minimum Gasteiger partial charge on any atom is -0.448 e. The maximum absolute atomic E-state index is 12.4. The van der Waals surface area contributed by atoms with E-state index in [2.05, 4.69) is 10.6 Å². The van der Waals surface area contributed by atoms with Gasteiger partial charge < -0.3 is 20.1 Å². The van der Waals surface area contributed by atoms with Crippen molar-refractivity contribution < 1.29 is 19.1 Å². The normalized spacial score (nSPS) is 18.7. The van der Waals surface area contributed by atoms with Gasteiger partial charge in [0, 0.05) is 31.5 Å². The van der Waals surface area contributed by atoms with Crippen LogP contribution in [0.3, 0.4) is 0 Å². The predicted molar refractivity (Wildman–Crippen MR) is 90.0 cm³/mol. The van der Waals surface area contributed by atoms with Gasteiger partial charge in [-0.3, -0.25) is 9.59 Å². The maximum Gasteiger partial charge on any atom is 0.251 e. The van der Waals surface area contributed by atoms with E-state index in [4.69, 9.17) is 9.47 Å². The highest BCUT2D eigenvalue weighted by atomic mass is 16.7. The van der Waals surface area contributed by atoms with Crippen LogP contribution in [0.5, 0.6) is 11.5 Å². The van der Waals surface area contributed by atoms with Gasteiger partial charge in [-0.05, 0) is 30.9 Å². The first-order chi connectivity index (χ1) is 11.4. The Labute approximate surface area is 141 Å². The van der Waals surface area contributed by atoms with Gasteiger partial charge in [0.15, 0.2) is 11.5 Å². The van der Waals surface area contributed by atoms with Crippen LogP contribution in [-0.2, 0) is 9.59 Å². The molecule has 1 fully saturated rings. The van der Waals surface area contributed by atoms with Crippen molar-refractivity contribution in [2.45, 2.75) is 58.3 Å². The summed E-state index contributed by atoms with van der Waals surface area (Å²) in [4.78, 5) is 23.7. The second-order valence-corrected chi connectivity index (χ2v) is 6.89. The summed E-state index contributed by atoms with van der Waals surface area (Å²) in [5.74, 6) is 0.395. The molecule has 2 N–H and O–H groups in total. The summed E-state index contributed by atoms with van der Waals surface area (Å²) in [5, 5.41) is 5.53. The molecule has 2 aliphatic rings. The number of hydrogen-bond acceptors (Lipinski definition) is 4. The quantitative estimate of drug-likeness (QED) is 0.889. The minimum absolute atomic E-state index is 0.00957. The van der Waals surface area contributed by atoms with Crippen LogP contribution in [0, 0.1) is 5.92 Å². The zero-order valence-electron chi connectivity index (χ0n) is 14.3. The van der Waals surface area contributed by atoms with E-state index >= 15 is 0 Å². The molecule has 0 saturated heterocycles. The Kier molecular flexibility index (Phi) is 4.39. The Morgan fingerprint density at radius 1 is 1.12 bits per heavy atom. The SMILES string of the molecule is CC(=O)NC(C(=O)Nc1ccc2c(c1)OC1(CCCC1)O2)C(C)C. The summed E-state index contributed by atoms with van der Waals surface area (Å²) in [7, 11) is 0. The van der Waals surface area contributed by atoms with Crippen molar-refractivity contribution in [1.82, 2.24) is 5.32 Å². The first kappa shape index (κ1) is 16.6. The Morgan fingerprint density at radius 2 is 1.79 bits per heavy atom. The van der Waals surface area contributed by atoms with Crippen LogP contribution in [-0.4, -0.2) is 23.6 Å². The molecule has 130 valence electrons. The minimum atomic E-state index is -0.575. The van der Waals surface area contributed by atoms with Crippen LogP contribution in [0.4, 0.5) is 5.69 Å². The molecule has 3 rings (SSSR count). The summed E-state index contributed by atoms with van der Waals surface area (Å²) in [6.07, 6.45) is 3.98. The van der Waals surface area contributed by atoms with Gasteiger partial charge in [-0.2, -0.15) is 0 Å². The van der Waals surface area contributed by atoms with Crippen LogP contribution < -0.4 is 20.1 Å². The molecule has 1 spiro atoms. The second kappa shape index (κ2) is 6.34. The molecule has 1 aliphatic heterocycles. The standard InChI is InChI=1S/C18H24N2O4/c1-11(2)16(19-12(3)21)17(22)20-13-6-7-14-15(10-13)24-18(23-14)8-4-5-9-18/h6-7,10-11,16H,4-5,8-9H2,1-3H3,(H,19,21)(H,20,22). The molecular weight excluding hydrogens is 308 g/mol. The van der Waals surface area contributed by atoms with E-state index < -0.39 is 11.8 Å². The molecule has 6 heteroatoms. The molecule has 2 amide bonds. The highest BCUT2D eigenvalue weighted by Gasteiger charge is 2.44. The van der Waals surface area contributed by atoms with E-state index in [0.29, 0.717) is 11.4 Å². The number of amides is 2. The Morgan fingerprint density at radius 3 is 2.42 bits per heavy atom. The van der Waals surface area contributed by atoms with Crippen LogP contribution in [0.1, 0.15) is 46.5 Å². The predicted octanol–water partition coefficient (Wildman–Crippen LogP) is 2.83. The van der Waals surface area contributed by atoms with Gasteiger partial charge in [-0.1, -0.05) is 13.8 Å². The van der Waals surface area contributed by atoms with Crippen LogP contribution in [0.15, 0.2) is 18.2 Å². The summed E-state index contributed by atoms with van der Waals surface area (Å²) < 4.78 is 12.0. The number of ether oxygens (including phenoxy) is 2. The zero-order valence-corrected chi connectivity index (χ0v) is 14.3. The number of carbonyl (C=O) groups excluding carboxylic acids is 2. The van der Waals surface area contributed by atoms with Crippen LogP contribution in [0.25, 0.3) is 0 Å². The number of carbonyl (C=O) groups is 2. The molecule has 6 nitrogen and oxygen atoms in total. The first-order valence-electron chi connectivity index (χ1n) is 8.49. The van der Waals surface area contributed by atoms with Gasteiger partial charge in [0.1, 0.15) is 6.04 Å². The van der Waals surface area contributed by atoms with Crippen LogP contribution >= 0.6 is 0 Å². The van der Waals surface area contributed by atoms with Gasteiger partial charge in [-0.25, -0.2) is 0 Å². The van der Waals surface area contributed by atoms with Crippen molar-refractivity contribution in [3.05, 3.63) is 18.2 Å². The lowest BCUT2D eigenvalue weighted by atomic mass is 10.0. The summed E-state index contributed by atoms with van der Waals surface area (Å²) in [5.41, 5.74) is 0.633. The number of anilines is 1. The number of nitrogens with one attached hydrogen (secondary N) is 2. The van der Waals surface area contributed by atoms with Gasteiger partial charge in [0.05, 0.1) is 0 Å². The molecule has 1 atom stereocenters. The van der Waals surface area contributed by atoms with Crippen molar-refractivity contribution in [3.63, 3.8) is 0 Å². The second-order valence-electron chi connectivity index (χ2n) is 6.89. The Bertz CT molecular complexity index is 650. The lowest BCUT2D eigenvalue weighted by Gasteiger charge is -2.21. The number of rotatable bonds is 4. The number of benzene rings is 1. The Balaban J connectivity index is 1.71. The third-order valence-corrected chi connectivity index (χ3v) is 4.48. The Hall–Kier alpha value is -2.24. The largest absolute Gasteiger partial charge is 0.448 e. The van der Waals surface area contributed by atoms with E-state index in [0.717, 1.165) is 31.4 Å². The molecule has 1 aliphatic carbocycles. The highest BCUT2D eigenvalue weighted by molar-refractivity contribution is 5.97. The summed E-state index contributed by atoms with van der Waals surface area (Å²) in [6.45, 7) is 5.19.